The molecular formula is C17H20N4O2. The number of pyridine rings is 2. The fourth-order valence-corrected chi connectivity index (χ4v) is 2.85. The summed E-state index contributed by atoms with van der Waals surface area (Å²) in [6, 6.07) is 2.06. The number of hydrogen-bond acceptors (Lipinski definition) is 5. The second-order valence-electron chi connectivity index (χ2n) is 5.45. The molecule has 0 saturated heterocycles. The molecule has 0 bridgehead atoms. The SMILES string of the molecule is CCn1ncc2c(-c3cncc(C)c3)c(CO)c(COC)nc21. The molecule has 6 heteroatoms. The van der Waals surface area contributed by atoms with Gasteiger partial charge in [0.25, 0.3) is 0 Å². The van der Waals surface area contributed by atoms with E-state index in [4.69, 9.17) is 4.74 Å². The number of fused-ring (bicyclic) bond motifs is 1. The number of hydrogen-bond donors (Lipinski definition) is 1. The molecule has 0 amide bonds. The van der Waals surface area contributed by atoms with E-state index in [0.29, 0.717) is 6.61 Å². The molecule has 0 spiro atoms. The van der Waals surface area contributed by atoms with Crippen LogP contribution in [0.2, 0.25) is 0 Å². The fourth-order valence-electron chi connectivity index (χ4n) is 2.85. The lowest BCUT2D eigenvalue weighted by atomic mass is 9.97. The molecule has 23 heavy (non-hydrogen) atoms. The maximum atomic E-state index is 9.94. The molecule has 6 nitrogen and oxygen atoms in total. The van der Waals surface area contributed by atoms with Crippen molar-refractivity contribution in [1.82, 2.24) is 19.7 Å². The van der Waals surface area contributed by atoms with Gasteiger partial charge >= 0.3 is 0 Å². The summed E-state index contributed by atoms with van der Waals surface area (Å²) in [7, 11) is 1.62. The Balaban J connectivity index is 2.38. The number of ether oxygens (including phenoxy) is 1. The summed E-state index contributed by atoms with van der Waals surface area (Å²) in [6.07, 6.45) is 5.42. The molecule has 0 fully saturated rings. The van der Waals surface area contributed by atoms with Crippen LogP contribution in [-0.2, 0) is 24.5 Å². The van der Waals surface area contributed by atoms with Crippen LogP contribution < -0.4 is 0 Å². The van der Waals surface area contributed by atoms with Crippen molar-refractivity contribution < 1.29 is 9.84 Å². The molecule has 0 aliphatic carbocycles. The highest BCUT2D eigenvalue weighted by Crippen LogP contribution is 2.33. The minimum atomic E-state index is -0.109. The van der Waals surface area contributed by atoms with Crippen LogP contribution in [0.3, 0.4) is 0 Å². The third-order valence-electron chi connectivity index (χ3n) is 3.87. The van der Waals surface area contributed by atoms with E-state index in [1.54, 1.807) is 19.5 Å². The minimum absolute atomic E-state index is 0.109. The van der Waals surface area contributed by atoms with Crippen molar-refractivity contribution >= 4 is 11.0 Å². The molecule has 3 rings (SSSR count). The number of nitrogens with zero attached hydrogens (tertiary/aromatic N) is 4. The first kappa shape index (κ1) is 15.6. The van der Waals surface area contributed by atoms with Gasteiger partial charge in [-0.2, -0.15) is 5.10 Å². The van der Waals surface area contributed by atoms with Crippen molar-refractivity contribution in [1.29, 1.82) is 0 Å². The summed E-state index contributed by atoms with van der Waals surface area (Å²) in [4.78, 5) is 8.96. The highest BCUT2D eigenvalue weighted by atomic mass is 16.5. The predicted molar refractivity (Wildman–Crippen MR) is 87.8 cm³/mol. The molecular weight excluding hydrogens is 292 g/mol. The van der Waals surface area contributed by atoms with Crippen LogP contribution in [0.4, 0.5) is 0 Å². The summed E-state index contributed by atoms with van der Waals surface area (Å²) in [5.74, 6) is 0. The quantitative estimate of drug-likeness (QED) is 0.783. The van der Waals surface area contributed by atoms with Crippen molar-refractivity contribution in [2.45, 2.75) is 33.6 Å². The third kappa shape index (κ3) is 2.71. The van der Waals surface area contributed by atoms with Gasteiger partial charge < -0.3 is 9.84 Å². The topological polar surface area (TPSA) is 73.1 Å². The third-order valence-corrected chi connectivity index (χ3v) is 3.87. The van der Waals surface area contributed by atoms with Crippen LogP contribution in [0, 0.1) is 6.92 Å². The van der Waals surface area contributed by atoms with Crippen LogP contribution >= 0.6 is 0 Å². The van der Waals surface area contributed by atoms with Gasteiger partial charge in [0, 0.05) is 48.1 Å². The van der Waals surface area contributed by atoms with E-state index in [0.717, 1.165) is 45.5 Å². The van der Waals surface area contributed by atoms with Crippen molar-refractivity contribution in [3.63, 3.8) is 0 Å². The molecule has 3 aromatic rings. The number of aromatic nitrogens is 4. The molecule has 3 aromatic heterocycles. The number of methoxy groups -OCH3 is 1. The first-order valence-electron chi connectivity index (χ1n) is 7.58. The Labute approximate surface area is 134 Å². The van der Waals surface area contributed by atoms with Crippen LogP contribution in [0.15, 0.2) is 24.7 Å². The minimum Gasteiger partial charge on any atom is -0.392 e. The van der Waals surface area contributed by atoms with Gasteiger partial charge in [-0.3, -0.25) is 4.98 Å². The average Bonchev–Trinajstić information content (AvgIpc) is 2.96. The van der Waals surface area contributed by atoms with E-state index in [9.17, 15) is 5.11 Å². The van der Waals surface area contributed by atoms with Crippen LogP contribution in [-0.4, -0.2) is 32.0 Å². The first-order valence-corrected chi connectivity index (χ1v) is 7.58. The van der Waals surface area contributed by atoms with E-state index >= 15 is 0 Å². The van der Waals surface area contributed by atoms with E-state index in [1.165, 1.54) is 0 Å². The normalized spacial score (nSPS) is 11.3. The lowest BCUT2D eigenvalue weighted by Gasteiger charge is -2.14. The zero-order valence-corrected chi connectivity index (χ0v) is 13.6. The van der Waals surface area contributed by atoms with Crippen LogP contribution in [0.5, 0.6) is 0 Å². The molecule has 0 aromatic carbocycles. The second kappa shape index (κ2) is 6.44. The highest BCUT2D eigenvalue weighted by molar-refractivity contribution is 5.94. The lowest BCUT2D eigenvalue weighted by Crippen LogP contribution is -2.06. The van der Waals surface area contributed by atoms with Gasteiger partial charge in [0.2, 0.25) is 0 Å². The average molecular weight is 312 g/mol. The van der Waals surface area contributed by atoms with Gasteiger partial charge in [0.05, 0.1) is 25.1 Å². The number of rotatable bonds is 5. The van der Waals surface area contributed by atoms with Crippen LogP contribution in [0.1, 0.15) is 23.7 Å². The van der Waals surface area contributed by atoms with E-state index < -0.39 is 0 Å². The maximum absolute atomic E-state index is 9.94. The van der Waals surface area contributed by atoms with E-state index in [2.05, 4.69) is 21.1 Å². The van der Waals surface area contributed by atoms with Gasteiger partial charge in [-0.25, -0.2) is 9.67 Å². The Kier molecular flexibility index (Phi) is 4.36. The van der Waals surface area contributed by atoms with E-state index in [-0.39, 0.29) is 6.61 Å². The number of aliphatic hydroxyl groups is 1. The Morgan fingerprint density at radius 1 is 1.26 bits per heavy atom. The highest BCUT2D eigenvalue weighted by Gasteiger charge is 2.19. The smallest absolute Gasteiger partial charge is 0.158 e. The zero-order valence-electron chi connectivity index (χ0n) is 13.6. The fraction of sp³-hybridized carbons (Fsp3) is 0.353. The molecule has 0 aliphatic heterocycles. The first-order chi connectivity index (χ1) is 11.2. The molecule has 0 aliphatic rings. The van der Waals surface area contributed by atoms with Crippen molar-refractivity contribution in [2.24, 2.45) is 0 Å². The van der Waals surface area contributed by atoms with Crippen molar-refractivity contribution in [3.8, 4) is 11.1 Å². The van der Waals surface area contributed by atoms with Crippen LogP contribution in [0.25, 0.3) is 22.2 Å². The molecule has 3 heterocycles. The standard InChI is InChI=1S/C17H20N4O2/c1-4-21-17-13(8-19-21)16(12-5-11(2)6-18-7-12)14(9-22)15(20-17)10-23-3/h5-8,22H,4,9-10H2,1-3H3. The van der Waals surface area contributed by atoms with Gasteiger partial charge in [0.1, 0.15) is 0 Å². The van der Waals surface area contributed by atoms with Gasteiger partial charge in [-0.1, -0.05) is 0 Å². The number of aliphatic hydroxyl groups excluding tert-OH is 1. The molecule has 0 radical (unpaired) electrons. The Morgan fingerprint density at radius 3 is 2.74 bits per heavy atom. The van der Waals surface area contributed by atoms with Gasteiger partial charge in [-0.15, -0.1) is 0 Å². The molecule has 120 valence electrons. The van der Waals surface area contributed by atoms with Crippen molar-refractivity contribution in [2.75, 3.05) is 7.11 Å². The zero-order chi connectivity index (χ0) is 16.4. The monoisotopic (exact) mass is 312 g/mol. The summed E-state index contributed by atoms with van der Waals surface area (Å²) in [6.45, 7) is 4.99. The maximum Gasteiger partial charge on any atom is 0.158 e. The number of aryl methyl sites for hydroxylation is 2. The Morgan fingerprint density at radius 2 is 2.09 bits per heavy atom. The largest absolute Gasteiger partial charge is 0.392 e. The van der Waals surface area contributed by atoms with Gasteiger partial charge in [-0.05, 0) is 25.5 Å². The Bertz CT molecular complexity index is 842. The lowest BCUT2D eigenvalue weighted by molar-refractivity contribution is 0.178. The second-order valence-corrected chi connectivity index (χ2v) is 5.45. The van der Waals surface area contributed by atoms with E-state index in [1.807, 2.05) is 24.7 Å². The Hall–Kier alpha value is -2.31. The molecule has 0 atom stereocenters. The predicted octanol–water partition coefficient (Wildman–Crippen LogP) is 2.46. The van der Waals surface area contributed by atoms with Gasteiger partial charge in [0.15, 0.2) is 5.65 Å². The van der Waals surface area contributed by atoms with Crippen molar-refractivity contribution in [3.05, 3.63) is 41.5 Å². The molecule has 0 unspecified atom stereocenters. The molecule has 0 saturated carbocycles. The molecule has 1 N–H and O–H groups in total. The summed E-state index contributed by atoms with van der Waals surface area (Å²) in [5.41, 5.74) is 5.24. The summed E-state index contributed by atoms with van der Waals surface area (Å²) < 4.78 is 7.11. The summed E-state index contributed by atoms with van der Waals surface area (Å²) >= 11 is 0. The summed E-state index contributed by atoms with van der Waals surface area (Å²) in [5, 5.41) is 15.3.